The van der Waals surface area contributed by atoms with Gasteiger partial charge in [0.1, 0.15) is 0 Å². The lowest BCUT2D eigenvalue weighted by atomic mass is 9.97. The Labute approximate surface area is 146 Å². The average Bonchev–Trinajstić information content (AvgIpc) is 2.89. The molecule has 0 saturated heterocycles. The summed E-state index contributed by atoms with van der Waals surface area (Å²) in [6.07, 6.45) is 0.293. The van der Waals surface area contributed by atoms with Crippen LogP contribution in [0.25, 0.3) is 0 Å². The van der Waals surface area contributed by atoms with Gasteiger partial charge in [-0.05, 0) is 19.1 Å². The summed E-state index contributed by atoms with van der Waals surface area (Å²) < 4.78 is 6.17. The number of anilines is 2. The zero-order chi connectivity index (χ0) is 17.6. The zero-order valence-corrected chi connectivity index (χ0v) is 14.4. The molecule has 0 bridgehead atoms. The third-order valence-corrected chi connectivity index (χ3v) is 4.95. The number of para-hydroxylation sites is 2. The summed E-state index contributed by atoms with van der Waals surface area (Å²) in [7, 11) is 0. The molecule has 0 aromatic heterocycles. The maximum Gasteiger partial charge on any atom is 0.286 e. The van der Waals surface area contributed by atoms with Gasteiger partial charge in [0.15, 0.2) is 0 Å². The standard InChI is InChI=1S/C20H20N2O3/c1-3-18(23)22-16-11-7-5-9-14(16)13-25-20(22)15-10-6-8-12-17(15)21(4-2)19(20)24/h5-12H,3-4,13H2,1-2H3/t20-/m0/s1. The van der Waals surface area contributed by atoms with Crippen molar-refractivity contribution in [1.29, 1.82) is 0 Å². The Morgan fingerprint density at radius 3 is 2.48 bits per heavy atom. The molecule has 5 nitrogen and oxygen atoms in total. The molecule has 0 unspecified atom stereocenters. The summed E-state index contributed by atoms with van der Waals surface area (Å²) in [5.74, 6) is -0.333. The number of likely N-dealkylation sites (N-methyl/N-ethyl adjacent to an activating group) is 1. The first-order valence-corrected chi connectivity index (χ1v) is 8.61. The molecule has 0 N–H and O–H groups in total. The van der Waals surface area contributed by atoms with Crippen LogP contribution in [0.3, 0.4) is 0 Å². The van der Waals surface area contributed by atoms with Gasteiger partial charge >= 0.3 is 0 Å². The van der Waals surface area contributed by atoms with Crippen LogP contribution in [0.5, 0.6) is 0 Å². The van der Waals surface area contributed by atoms with E-state index in [1.165, 1.54) is 0 Å². The van der Waals surface area contributed by atoms with Crippen LogP contribution in [0.2, 0.25) is 0 Å². The number of carbonyl (C=O) groups is 2. The van der Waals surface area contributed by atoms with Crippen molar-refractivity contribution in [2.45, 2.75) is 32.6 Å². The van der Waals surface area contributed by atoms with Crippen molar-refractivity contribution in [3.63, 3.8) is 0 Å². The van der Waals surface area contributed by atoms with Crippen LogP contribution in [0.4, 0.5) is 11.4 Å². The van der Waals surface area contributed by atoms with Crippen LogP contribution in [0, 0.1) is 0 Å². The third-order valence-electron chi connectivity index (χ3n) is 4.95. The Balaban J connectivity index is 2.00. The van der Waals surface area contributed by atoms with Gasteiger partial charge in [0.05, 0.1) is 18.0 Å². The number of amides is 2. The summed E-state index contributed by atoms with van der Waals surface area (Å²) in [5.41, 5.74) is 1.80. The lowest BCUT2D eigenvalue weighted by Gasteiger charge is -2.43. The minimum Gasteiger partial charge on any atom is -0.338 e. The summed E-state index contributed by atoms with van der Waals surface area (Å²) in [5, 5.41) is 0. The Bertz CT molecular complexity index is 864. The lowest BCUT2D eigenvalue weighted by Crippen LogP contribution is -2.59. The van der Waals surface area contributed by atoms with E-state index in [4.69, 9.17) is 4.74 Å². The van der Waals surface area contributed by atoms with Crippen molar-refractivity contribution < 1.29 is 14.3 Å². The smallest absolute Gasteiger partial charge is 0.286 e. The van der Waals surface area contributed by atoms with Gasteiger partial charge in [-0.15, -0.1) is 0 Å². The third kappa shape index (κ3) is 1.99. The number of hydrogen-bond acceptors (Lipinski definition) is 3. The number of benzene rings is 2. The molecule has 1 atom stereocenters. The molecule has 2 amide bonds. The maximum absolute atomic E-state index is 13.4. The number of nitrogens with zero attached hydrogens (tertiary/aromatic N) is 2. The summed E-state index contributed by atoms with van der Waals surface area (Å²) in [4.78, 5) is 29.6. The molecule has 2 heterocycles. The van der Waals surface area contributed by atoms with Gasteiger partial charge in [-0.25, -0.2) is 0 Å². The van der Waals surface area contributed by atoms with Gasteiger partial charge in [0.2, 0.25) is 5.91 Å². The Morgan fingerprint density at radius 2 is 1.76 bits per heavy atom. The predicted octanol–water partition coefficient (Wildman–Crippen LogP) is 3.18. The van der Waals surface area contributed by atoms with Gasteiger partial charge in [-0.2, -0.15) is 0 Å². The van der Waals surface area contributed by atoms with E-state index in [0.29, 0.717) is 19.6 Å². The van der Waals surface area contributed by atoms with Gasteiger partial charge < -0.3 is 9.64 Å². The molecular weight excluding hydrogens is 316 g/mol. The van der Waals surface area contributed by atoms with Crippen LogP contribution in [0.15, 0.2) is 48.5 Å². The maximum atomic E-state index is 13.4. The molecule has 0 saturated carbocycles. The summed E-state index contributed by atoms with van der Waals surface area (Å²) >= 11 is 0. The highest BCUT2D eigenvalue weighted by molar-refractivity contribution is 6.14. The highest BCUT2D eigenvalue weighted by Crippen LogP contribution is 2.50. The second kappa shape index (κ2) is 5.70. The number of rotatable bonds is 2. The van der Waals surface area contributed by atoms with E-state index in [1.807, 2.05) is 55.5 Å². The van der Waals surface area contributed by atoms with Gasteiger partial charge in [-0.3, -0.25) is 14.5 Å². The van der Waals surface area contributed by atoms with E-state index in [-0.39, 0.29) is 11.8 Å². The number of hydrogen-bond donors (Lipinski definition) is 0. The quantitative estimate of drug-likeness (QED) is 0.846. The normalized spacial score (nSPS) is 21.4. The topological polar surface area (TPSA) is 49.9 Å². The average molecular weight is 336 g/mol. The Hall–Kier alpha value is -2.66. The van der Waals surface area contributed by atoms with Crippen LogP contribution < -0.4 is 9.80 Å². The Kier molecular flexibility index (Phi) is 3.62. The molecule has 2 aromatic carbocycles. The van der Waals surface area contributed by atoms with E-state index >= 15 is 0 Å². The second-order valence-electron chi connectivity index (χ2n) is 6.21. The fraction of sp³-hybridized carbons (Fsp3) is 0.300. The zero-order valence-electron chi connectivity index (χ0n) is 14.4. The first-order chi connectivity index (χ1) is 12.1. The predicted molar refractivity (Wildman–Crippen MR) is 95.2 cm³/mol. The van der Waals surface area contributed by atoms with Crippen molar-refractivity contribution >= 4 is 23.2 Å². The molecule has 4 rings (SSSR count). The van der Waals surface area contributed by atoms with E-state index in [9.17, 15) is 9.59 Å². The van der Waals surface area contributed by atoms with Gasteiger partial charge in [-0.1, -0.05) is 43.3 Å². The lowest BCUT2D eigenvalue weighted by molar-refractivity contribution is -0.152. The molecule has 128 valence electrons. The van der Waals surface area contributed by atoms with Crippen molar-refractivity contribution in [1.82, 2.24) is 0 Å². The van der Waals surface area contributed by atoms with Gasteiger partial charge in [0.25, 0.3) is 11.6 Å². The molecule has 2 aliphatic rings. The molecule has 1 spiro atoms. The van der Waals surface area contributed by atoms with Crippen LogP contribution in [-0.2, 0) is 26.7 Å². The van der Waals surface area contributed by atoms with Crippen LogP contribution in [-0.4, -0.2) is 18.4 Å². The summed E-state index contributed by atoms with van der Waals surface area (Å²) in [6, 6.07) is 15.2. The first kappa shape index (κ1) is 15.8. The number of ether oxygens (including phenoxy) is 1. The molecule has 0 aliphatic carbocycles. The van der Waals surface area contributed by atoms with Crippen molar-refractivity contribution in [3.8, 4) is 0 Å². The minimum atomic E-state index is -1.41. The molecule has 0 radical (unpaired) electrons. The molecule has 5 heteroatoms. The molecule has 2 aliphatic heterocycles. The van der Waals surface area contributed by atoms with E-state index in [0.717, 1.165) is 22.5 Å². The van der Waals surface area contributed by atoms with Crippen molar-refractivity contribution in [2.75, 3.05) is 16.3 Å². The molecule has 0 fully saturated rings. The number of carbonyl (C=O) groups excluding carboxylic acids is 2. The Morgan fingerprint density at radius 1 is 1.08 bits per heavy atom. The first-order valence-electron chi connectivity index (χ1n) is 8.61. The highest BCUT2D eigenvalue weighted by Gasteiger charge is 2.59. The second-order valence-corrected chi connectivity index (χ2v) is 6.21. The molecule has 2 aromatic rings. The number of fused-ring (bicyclic) bond motifs is 3. The fourth-order valence-electron chi connectivity index (χ4n) is 3.81. The fourth-order valence-corrected chi connectivity index (χ4v) is 3.81. The van der Waals surface area contributed by atoms with Crippen molar-refractivity contribution in [3.05, 3.63) is 59.7 Å². The minimum absolute atomic E-state index is 0.131. The van der Waals surface area contributed by atoms with Crippen LogP contribution >= 0.6 is 0 Å². The SMILES string of the molecule is CCC(=O)N1c2ccccc2CO[C@@]12C(=O)N(CC)c1ccccc12. The molecule has 25 heavy (non-hydrogen) atoms. The summed E-state index contributed by atoms with van der Waals surface area (Å²) in [6.45, 7) is 4.55. The molecular formula is C20H20N2O3. The van der Waals surface area contributed by atoms with Gasteiger partial charge in [0, 0.05) is 24.1 Å². The van der Waals surface area contributed by atoms with E-state index in [1.54, 1.807) is 16.7 Å². The van der Waals surface area contributed by atoms with E-state index in [2.05, 4.69) is 0 Å². The highest BCUT2D eigenvalue weighted by atomic mass is 16.5. The largest absolute Gasteiger partial charge is 0.338 e. The van der Waals surface area contributed by atoms with E-state index < -0.39 is 5.72 Å². The monoisotopic (exact) mass is 336 g/mol. The van der Waals surface area contributed by atoms with Crippen molar-refractivity contribution in [2.24, 2.45) is 0 Å². The van der Waals surface area contributed by atoms with Crippen LogP contribution in [0.1, 0.15) is 31.4 Å².